The summed E-state index contributed by atoms with van der Waals surface area (Å²) in [4.78, 5) is 0. The second-order valence-corrected chi connectivity index (χ2v) is 7.88. The first-order chi connectivity index (χ1) is 13.4. The molecule has 3 aliphatic rings. The highest BCUT2D eigenvalue weighted by molar-refractivity contribution is 5.16. The molecule has 0 bridgehead atoms. The zero-order valence-electron chi connectivity index (χ0n) is 16.3. The van der Waals surface area contributed by atoms with Crippen LogP contribution >= 0.6 is 0 Å². The van der Waals surface area contributed by atoms with Crippen LogP contribution in [0.25, 0.3) is 0 Å². The minimum Gasteiger partial charge on any atom is -0.390 e. The van der Waals surface area contributed by atoms with Crippen molar-refractivity contribution in [1.82, 2.24) is 0 Å². The topological polar surface area (TPSA) is 95.8 Å². The summed E-state index contributed by atoms with van der Waals surface area (Å²) in [5.74, 6) is -1.55. The van der Waals surface area contributed by atoms with Gasteiger partial charge in [0.15, 0.2) is 18.4 Å². The van der Waals surface area contributed by atoms with Crippen LogP contribution in [0.2, 0.25) is 0 Å². The first-order valence-corrected chi connectivity index (χ1v) is 9.58. The fourth-order valence-electron chi connectivity index (χ4n) is 4.10. The number of hydrogen-bond donors (Lipinski definition) is 2. The van der Waals surface area contributed by atoms with Gasteiger partial charge in [-0.15, -0.1) is 0 Å². The summed E-state index contributed by atoms with van der Waals surface area (Å²) in [6.07, 6.45) is -5.27. The van der Waals surface area contributed by atoms with Gasteiger partial charge in [0.25, 0.3) is 0 Å². The van der Waals surface area contributed by atoms with Gasteiger partial charge < -0.3 is 38.6 Å². The van der Waals surface area contributed by atoms with Crippen molar-refractivity contribution < 1.29 is 38.6 Å². The Hall–Kier alpha value is -1.10. The van der Waals surface area contributed by atoms with Crippen LogP contribution in [0.1, 0.15) is 25.7 Å². The Balaban J connectivity index is 1.51. The standard InChI is InChI=1S/C20H28O8/c1-20(2)25-10-12(28-20)15(21)14-16(22)17-13(26-19(14)23-3)9-24-18(27-17)11-7-5-4-6-8-11/h4-8,12-19,21-22H,9-10H2,1-3H3/t12-,13-,14+,15-,16+,17-,18-,19+/m1/s1. The monoisotopic (exact) mass is 396 g/mol. The van der Waals surface area contributed by atoms with Gasteiger partial charge in [-0.2, -0.15) is 0 Å². The van der Waals surface area contributed by atoms with E-state index in [0.29, 0.717) is 0 Å². The van der Waals surface area contributed by atoms with Gasteiger partial charge in [-0.25, -0.2) is 0 Å². The lowest BCUT2D eigenvalue weighted by Crippen LogP contribution is -2.63. The molecule has 0 aromatic heterocycles. The predicted molar refractivity (Wildman–Crippen MR) is 96.1 cm³/mol. The maximum Gasteiger partial charge on any atom is 0.184 e. The van der Waals surface area contributed by atoms with Crippen molar-refractivity contribution in [2.45, 2.75) is 62.7 Å². The lowest BCUT2D eigenvalue weighted by atomic mass is 9.84. The third-order valence-electron chi connectivity index (χ3n) is 5.52. The highest BCUT2D eigenvalue weighted by Gasteiger charge is 2.54. The van der Waals surface area contributed by atoms with Crippen LogP contribution in [0.5, 0.6) is 0 Å². The predicted octanol–water partition coefficient (Wildman–Crippen LogP) is 0.961. The number of hydrogen-bond acceptors (Lipinski definition) is 8. The number of ether oxygens (including phenoxy) is 6. The minimum atomic E-state index is -1.05. The molecule has 0 saturated carbocycles. The fraction of sp³-hybridized carbons (Fsp3) is 0.700. The van der Waals surface area contributed by atoms with E-state index in [2.05, 4.69) is 0 Å². The maximum absolute atomic E-state index is 11.1. The van der Waals surface area contributed by atoms with Gasteiger partial charge in [0.2, 0.25) is 0 Å². The molecule has 0 aliphatic carbocycles. The largest absolute Gasteiger partial charge is 0.390 e. The molecule has 3 heterocycles. The van der Waals surface area contributed by atoms with E-state index in [9.17, 15) is 10.2 Å². The van der Waals surface area contributed by atoms with Crippen LogP contribution in [-0.2, 0) is 28.4 Å². The molecule has 1 aromatic carbocycles. The number of aliphatic hydroxyl groups is 2. The number of rotatable bonds is 4. The number of aliphatic hydroxyl groups excluding tert-OH is 2. The van der Waals surface area contributed by atoms with Crippen LogP contribution in [-0.4, -0.2) is 73.1 Å². The maximum atomic E-state index is 11.1. The highest BCUT2D eigenvalue weighted by atomic mass is 16.8. The van der Waals surface area contributed by atoms with Gasteiger partial charge in [0, 0.05) is 12.7 Å². The average Bonchev–Trinajstić information content (AvgIpc) is 3.07. The Morgan fingerprint density at radius 3 is 2.54 bits per heavy atom. The van der Waals surface area contributed by atoms with Gasteiger partial charge in [0.1, 0.15) is 18.3 Å². The SMILES string of the molecule is CO[C@H]1O[C@@H]2CO[C@@H](c3ccccc3)O[C@H]2[C@@H](O)[C@@H]1[C@H](O)[C@H]1COC(C)(C)O1. The quantitative estimate of drug-likeness (QED) is 0.777. The van der Waals surface area contributed by atoms with Crippen LogP contribution < -0.4 is 0 Å². The molecule has 1 aromatic rings. The molecule has 2 N–H and O–H groups in total. The summed E-state index contributed by atoms with van der Waals surface area (Å²) in [5, 5.41) is 22.0. The van der Waals surface area contributed by atoms with Crippen molar-refractivity contribution in [3.8, 4) is 0 Å². The van der Waals surface area contributed by atoms with Crippen molar-refractivity contribution in [1.29, 1.82) is 0 Å². The normalized spacial score (nSPS) is 41.4. The summed E-state index contributed by atoms with van der Waals surface area (Å²) in [6, 6.07) is 9.51. The second-order valence-electron chi connectivity index (χ2n) is 7.88. The molecule has 0 radical (unpaired) electrons. The third kappa shape index (κ3) is 3.83. The van der Waals surface area contributed by atoms with E-state index >= 15 is 0 Å². The summed E-state index contributed by atoms with van der Waals surface area (Å²) in [6.45, 7) is 4.03. The Morgan fingerprint density at radius 2 is 1.89 bits per heavy atom. The molecule has 8 heteroatoms. The van der Waals surface area contributed by atoms with E-state index in [1.165, 1.54) is 7.11 Å². The molecule has 8 nitrogen and oxygen atoms in total. The highest BCUT2D eigenvalue weighted by Crippen LogP contribution is 2.39. The van der Waals surface area contributed by atoms with E-state index in [4.69, 9.17) is 28.4 Å². The summed E-state index contributed by atoms with van der Waals surface area (Å²) < 4.78 is 34.5. The Labute approximate surface area is 164 Å². The molecule has 28 heavy (non-hydrogen) atoms. The van der Waals surface area contributed by atoms with E-state index in [1.807, 2.05) is 30.3 Å². The van der Waals surface area contributed by atoms with E-state index in [-0.39, 0.29) is 13.2 Å². The van der Waals surface area contributed by atoms with E-state index in [1.54, 1.807) is 13.8 Å². The Morgan fingerprint density at radius 1 is 1.14 bits per heavy atom. The molecule has 156 valence electrons. The number of benzene rings is 1. The summed E-state index contributed by atoms with van der Waals surface area (Å²) in [5.41, 5.74) is 0.855. The van der Waals surface area contributed by atoms with Crippen LogP contribution in [0.15, 0.2) is 30.3 Å². The van der Waals surface area contributed by atoms with Crippen molar-refractivity contribution in [2.24, 2.45) is 5.92 Å². The molecular weight excluding hydrogens is 368 g/mol. The third-order valence-corrected chi connectivity index (χ3v) is 5.52. The molecule has 3 fully saturated rings. The molecule has 3 saturated heterocycles. The first kappa shape index (κ1) is 20.2. The first-order valence-electron chi connectivity index (χ1n) is 9.58. The van der Waals surface area contributed by atoms with Crippen LogP contribution in [0.3, 0.4) is 0 Å². The Bertz CT molecular complexity index is 653. The van der Waals surface area contributed by atoms with E-state index in [0.717, 1.165) is 5.56 Å². The van der Waals surface area contributed by atoms with Crippen molar-refractivity contribution in [3.05, 3.63) is 35.9 Å². The van der Waals surface area contributed by atoms with Gasteiger partial charge in [-0.05, 0) is 13.8 Å². The molecule has 3 aliphatic heterocycles. The van der Waals surface area contributed by atoms with Gasteiger partial charge in [-0.1, -0.05) is 30.3 Å². The van der Waals surface area contributed by atoms with Crippen LogP contribution in [0.4, 0.5) is 0 Å². The molecule has 4 rings (SSSR count). The average molecular weight is 396 g/mol. The Kier molecular flexibility index (Phi) is 5.74. The van der Waals surface area contributed by atoms with Crippen LogP contribution in [0, 0.1) is 5.92 Å². The lowest BCUT2D eigenvalue weighted by Gasteiger charge is -2.49. The molecular formula is C20H28O8. The number of fused-ring (bicyclic) bond motifs is 1. The van der Waals surface area contributed by atoms with Crippen molar-refractivity contribution in [3.63, 3.8) is 0 Å². The molecule has 0 spiro atoms. The van der Waals surface area contributed by atoms with Gasteiger partial charge in [0.05, 0.1) is 31.3 Å². The minimum absolute atomic E-state index is 0.221. The zero-order valence-corrected chi connectivity index (χ0v) is 16.3. The summed E-state index contributed by atoms with van der Waals surface area (Å²) in [7, 11) is 1.48. The van der Waals surface area contributed by atoms with Crippen molar-refractivity contribution in [2.75, 3.05) is 20.3 Å². The molecule has 0 amide bonds. The smallest absolute Gasteiger partial charge is 0.184 e. The zero-order chi connectivity index (χ0) is 19.9. The van der Waals surface area contributed by atoms with Gasteiger partial charge >= 0.3 is 0 Å². The lowest BCUT2D eigenvalue weighted by molar-refractivity contribution is -0.360. The van der Waals surface area contributed by atoms with E-state index < -0.39 is 54.8 Å². The molecule has 0 unspecified atom stereocenters. The molecule has 8 atom stereocenters. The fourth-order valence-corrected chi connectivity index (χ4v) is 4.10. The van der Waals surface area contributed by atoms with Crippen molar-refractivity contribution >= 4 is 0 Å². The van der Waals surface area contributed by atoms with Gasteiger partial charge in [-0.3, -0.25) is 0 Å². The number of methoxy groups -OCH3 is 1. The second kappa shape index (κ2) is 7.97. The summed E-state index contributed by atoms with van der Waals surface area (Å²) >= 11 is 0.